The van der Waals surface area contributed by atoms with Crippen LogP contribution in [0.1, 0.15) is 28.5 Å². The Balaban J connectivity index is 2.21. The molecule has 0 aliphatic carbocycles. The van der Waals surface area contributed by atoms with E-state index in [2.05, 4.69) is 16.5 Å². The Hall–Kier alpha value is -1.57. The topological polar surface area (TPSA) is 72.3 Å². The summed E-state index contributed by atoms with van der Waals surface area (Å²) in [5.41, 5.74) is 0.919. The molecule has 19 heavy (non-hydrogen) atoms. The maximum atomic E-state index is 11.5. The molecule has 2 rings (SSSR count). The summed E-state index contributed by atoms with van der Waals surface area (Å²) in [5.74, 6) is -0.438. The van der Waals surface area contributed by atoms with Gasteiger partial charge in [-0.05, 0) is 6.92 Å². The van der Waals surface area contributed by atoms with Gasteiger partial charge in [-0.3, -0.25) is 0 Å². The molecule has 0 aliphatic rings. The number of nitrogens with zero attached hydrogens (tertiary/aromatic N) is 2. The normalized spacial score (nSPS) is 12.1. The Morgan fingerprint density at radius 2 is 2.32 bits per heavy atom. The van der Waals surface area contributed by atoms with Crippen LogP contribution in [0.15, 0.2) is 23.4 Å². The van der Waals surface area contributed by atoms with E-state index >= 15 is 0 Å². The number of carbonyl (C=O) groups excluding carboxylic acids is 1. The first-order valence-corrected chi connectivity index (χ1v) is 7.30. The number of hydrogen-bond donors (Lipinski definition) is 1. The second kappa shape index (κ2) is 6.05. The molecule has 100 valence electrons. The van der Waals surface area contributed by atoms with E-state index in [1.165, 1.54) is 28.7 Å². The van der Waals surface area contributed by atoms with Gasteiger partial charge in [0.05, 0.1) is 6.61 Å². The number of aromatic nitrogens is 2. The van der Waals surface area contributed by atoms with Crippen molar-refractivity contribution in [3.05, 3.63) is 34.1 Å². The summed E-state index contributed by atoms with van der Waals surface area (Å²) in [4.78, 5) is 19.9. The number of aliphatic hydroxyl groups is 1. The van der Waals surface area contributed by atoms with Gasteiger partial charge in [-0.2, -0.15) is 0 Å². The maximum absolute atomic E-state index is 11.5. The van der Waals surface area contributed by atoms with Crippen molar-refractivity contribution in [2.24, 2.45) is 0 Å². The molecule has 5 nitrogen and oxygen atoms in total. The highest BCUT2D eigenvalue weighted by molar-refractivity contribution is 7.14. The maximum Gasteiger partial charge on any atom is 0.357 e. The molecule has 1 unspecified atom stereocenters. The Bertz CT molecular complexity index is 591. The number of aliphatic hydroxyl groups excluding tert-OH is 1. The third kappa shape index (κ3) is 3.06. The Morgan fingerprint density at radius 1 is 1.53 bits per heavy atom. The van der Waals surface area contributed by atoms with Crippen LogP contribution in [0.3, 0.4) is 0 Å². The summed E-state index contributed by atoms with van der Waals surface area (Å²) >= 11 is 2.64. The van der Waals surface area contributed by atoms with Crippen LogP contribution in [0.2, 0.25) is 0 Å². The molecule has 0 fully saturated rings. The summed E-state index contributed by atoms with van der Waals surface area (Å²) in [6.45, 7) is 5.57. The molecule has 0 aromatic carbocycles. The van der Waals surface area contributed by atoms with Gasteiger partial charge in [-0.1, -0.05) is 6.08 Å². The smallest absolute Gasteiger partial charge is 0.357 e. The van der Waals surface area contributed by atoms with Gasteiger partial charge in [0.15, 0.2) is 5.69 Å². The van der Waals surface area contributed by atoms with Crippen molar-refractivity contribution in [2.45, 2.75) is 13.0 Å². The van der Waals surface area contributed by atoms with E-state index in [1.54, 1.807) is 17.7 Å². The van der Waals surface area contributed by atoms with Crippen LogP contribution in [-0.2, 0) is 4.74 Å². The molecule has 2 heterocycles. The summed E-state index contributed by atoms with van der Waals surface area (Å²) in [6.07, 6.45) is 0.636. The lowest BCUT2D eigenvalue weighted by atomic mass is 10.4. The Kier molecular flexibility index (Phi) is 4.41. The second-order valence-corrected chi connectivity index (χ2v) is 5.26. The number of ether oxygens (including phenoxy) is 1. The minimum Gasteiger partial charge on any atom is -0.461 e. The summed E-state index contributed by atoms with van der Waals surface area (Å²) in [6, 6.07) is 0. The highest BCUT2D eigenvalue weighted by Crippen LogP contribution is 2.28. The van der Waals surface area contributed by atoms with Crippen LogP contribution < -0.4 is 0 Å². The van der Waals surface area contributed by atoms with Crippen molar-refractivity contribution in [3.63, 3.8) is 0 Å². The van der Waals surface area contributed by atoms with Crippen molar-refractivity contribution in [1.29, 1.82) is 0 Å². The highest BCUT2D eigenvalue weighted by Gasteiger charge is 2.16. The lowest BCUT2D eigenvalue weighted by Gasteiger charge is -1.97. The molecule has 0 bridgehead atoms. The van der Waals surface area contributed by atoms with Crippen LogP contribution in [0.25, 0.3) is 10.7 Å². The molecule has 0 aliphatic heterocycles. The number of esters is 1. The molecule has 0 radical (unpaired) electrons. The van der Waals surface area contributed by atoms with Gasteiger partial charge in [0.25, 0.3) is 0 Å². The minimum absolute atomic E-state index is 0.278. The van der Waals surface area contributed by atoms with Gasteiger partial charge in [0, 0.05) is 10.8 Å². The van der Waals surface area contributed by atoms with Crippen molar-refractivity contribution >= 4 is 28.6 Å². The van der Waals surface area contributed by atoms with E-state index in [0.29, 0.717) is 22.3 Å². The van der Waals surface area contributed by atoms with E-state index in [-0.39, 0.29) is 5.69 Å². The fourth-order valence-corrected chi connectivity index (χ4v) is 2.92. The number of hydrogen-bond acceptors (Lipinski definition) is 7. The average molecular weight is 296 g/mol. The van der Waals surface area contributed by atoms with Gasteiger partial charge >= 0.3 is 5.97 Å². The predicted molar refractivity (Wildman–Crippen MR) is 74.3 cm³/mol. The first-order chi connectivity index (χ1) is 9.15. The third-order valence-corrected chi connectivity index (χ3v) is 3.99. The van der Waals surface area contributed by atoms with Gasteiger partial charge < -0.3 is 9.84 Å². The Labute approximate surface area is 118 Å². The zero-order valence-corrected chi connectivity index (χ0v) is 11.8. The number of thiazole rings is 2. The zero-order chi connectivity index (χ0) is 13.8. The van der Waals surface area contributed by atoms with Crippen LogP contribution in [0, 0.1) is 0 Å². The number of rotatable bonds is 5. The van der Waals surface area contributed by atoms with E-state index in [4.69, 9.17) is 4.74 Å². The molecule has 0 saturated heterocycles. The summed E-state index contributed by atoms with van der Waals surface area (Å²) < 4.78 is 4.87. The second-order valence-electron chi connectivity index (χ2n) is 3.51. The largest absolute Gasteiger partial charge is 0.461 e. The third-order valence-electron chi connectivity index (χ3n) is 2.21. The van der Waals surface area contributed by atoms with Gasteiger partial charge in [0.1, 0.15) is 21.8 Å². The van der Waals surface area contributed by atoms with Crippen molar-refractivity contribution in [1.82, 2.24) is 9.97 Å². The Morgan fingerprint density at radius 3 is 3.00 bits per heavy atom. The van der Waals surface area contributed by atoms with Crippen LogP contribution >= 0.6 is 22.7 Å². The minimum atomic E-state index is -0.775. The first kappa shape index (κ1) is 13.9. The molecule has 2 aromatic heterocycles. The van der Waals surface area contributed by atoms with E-state index < -0.39 is 12.1 Å². The van der Waals surface area contributed by atoms with E-state index in [0.717, 1.165) is 0 Å². The fourth-order valence-electron chi connectivity index (χ4n) is 1.31. The van der Waals surface area contributed by atoms with E-state index in [1.807, 2.05) is 0 Å². The summed E-state index contributed by atoms with van der Waals surface area (Å²) in [5, 5.41) is 14.2. The van der Waals surface area contributed by atoms with Crippen molar-refractivity contribution in [3.8, 4) is 10.7 Å². The fraction of sp³-hybridized carbons (Fsp3) is 0.250. The standard InChI is InChI=1S/C12H12N2O3S2/c1-3-9(15)11-13-7(5-19-11)10-14-8(6-18-10)12(16)17-4-2/h3,5-6,9,15H,1,4H2,2H3. The van der Waals surface area contributed by atoms with Crippen molar-refractivity contribution in [2.75, 3.05) is 6.61 Å². The molecular weight excluding hydrogens is 284 g/mol. The SMILES string of the molecule is C=CC(O)c1nc(-c2nc(C(=O)OCC)cs2)cs1. The van der Waals surface area contributed by atoms with Gasteiger partial charge in [-0.15, -0.1) is 29.3 Å². The highest BCUT2D eigenvalue weighted by atomic mass is 32.1. The molecule has 1 atom stereocenters. The number of carbonyl (C=O) groups is 1. The summed E-state index contributed by atoms with van der Waals surface area (Å²) in [7, 11) is 0. The molecule has 0 amide bonds. The predicted octanol–water partition coefficient (Wildman–Crippen LogP) is 2.66. The molecule has 7 heteroatoms. The van der Waals surface area contributed by atoms with Gasteiger partial charge in [-0.25, -0.2) is 14.8 Å². The van der Waals surface area contributed by atoms with Crippen molar-refractivity contribution < 1.29 is 14.6 Å². The lowest BCUT2D eigenvalue weighted by Crippen LogP contribution is -2.04. The molecular formula is C12H12N2O3S2. The van der Waals surface area contributed by atoms with Crippen LogP contribution in [0.4, 0.5) is 0 Å². The van der Waals surface area contributed by atoms with Gasteiger partial charge in [0.2, 0.25) is 0 Å². The molecule has 0 saturated carbocycles. The van der Waals surface area contributed by atoms with Crippen LogP contribution in [-0.4, -0.2) is 27.7 Å². The first-order valence-electron chi connectivity index (χ1n) is 5.54. The average Bonchev–Trinajstić information content (AvgIpc) is 3.06. The monoisotopic (exact) mass is 296 g/mol. The molecule has 0 spiro atoms. The quantitative estimate of drug-likeness (QED) is 0.678. The van der Waals surface area contributed by atoms with E-state index in [9.17, 15) is 9.90 Å². The molecule has 2 aromatic rings. The molecule has 1 N–H and O–H groups in total. The van der Waals surface area contributed by atoms with Crippen LogP contribution in [0.5, 0.6) is 0 Å². The zero-order valence-electron chi connectivity index (χ0n) is 10.2. The lowest BCUT2D eigenvalue weighted by molar-refractivity contribution is 0.0520.